The van der Waals surface area contributed by atoms with Gasteiger partial charge in [-0.2, -0.15) is 4.98 Å². The summed E-state index contributed by atoms with van der Waals surface area (Å²) in [5.41, 5.74) is 8.45. The Morgan fingerprint density at radius 2 is 1.76 bits per heavy atom. The number of aryl methyl sites for hydroxylation is 2. The van der Waals surface area contributed by atoms with Crippen molar-refractivity contribution >= 4 is 0 Å². The number of nitrogens with two attached hydrogens (primary N) is 1. The number of hydrogen-bond donors (Lipinski definition) is 2. The van der Waals surface area contributed by atoms with Crippen LogP contribution in [0.5, 0.6) is 5.75 Å². The number of phenolic OH excluding ortho intramolecular Hbond substituents is 1. The molecule has 112 valence electrons. The molecule has 0 saturated heterocycles. The number of aromatic hydroxyl groups is 1. The van der Waals surface area contributed by atoms with Gasteiger partial charge in [0.05, 0.1) is 0 Å². The molecule has 1 saturated carbocycles. The lowest BCUT2D eigenvalue weighted by atomic mass is 9.86. The highest BCUT2D eigenvalue weighted by atomic mass is 16.5. The molecular weight excluding hydrogens is 266 g/mol. The summed E-state index contributed by atoms with van der Waals surface area (Å²) in [5, 5.41) is 13.9. The second-order valence-corrected chi connectivity index (χ2v) is 6.03. The number of benzene rings is 1. The molecule has 1 fully saturated rings. The van der Waals surface area contributed by atoms with Gasteiger partial charge in [0.25, 0.3) is 0 Å². The van der Waals surface area contributed by atoms with Crippen molar-refractivity contribution in [3.05, 3.63) is 29.2 Å². The quantitative estimate of drug-likeness (QED) is 0.886. The first-order valence-electron chi connectivity index (χ1n) is 7.44. The Hall–Kier alpha value is -1.88. The zero-order chi connectivity index (χ0) is 15.0. The second-order valence-electron chi connectivity index (χ2n) is 6.03. The molecular formula is C16H21N3O2. The van der Waals surface area contributed by atoms with E-state index in [0.29, 0.717) is 29.4 Å². The van der Waals surface area contributed by atoms with Crippen LogP contribution in [0.2, 0.25) is 0 Å². The van der Waals surface area contributed by atoms with Crippen LogP contribution in [0.15, 0.2) is 16.7 Å². The fraction of sp³-hybridized carbons (Fsp3) is 0.500. The average Bonchev–Trinajstić information content (AvgIpc) is 2.95. The SMILES string of the molecule is Cc1cc(-c2noc(C3CCC(N)CC3)n2)cc(C)c1O. The van der Waals surface area contributed by atoms with Gasteiger partial charge in [0.1, 0.15) is 5.75 Å². The van der Waals surface area contributed by atoms with E-state index < -0.39 is 0 Å². The zero-order valence-electron chi connectivity index (χ0n) is 12.5. The van der Waals surface area contributed by atoms with E-state index in [4.69, 9.17) is 10.3 Å². The summed E-state index contributed by atoms with van der Waals surface area (Å²) in [6.07, 6.45) is 4.05. The summed E-state index contributed by atoms with van der Waals surface area (Å²) in [5.74, 6) is 1.94. The lowest BCUT2D eigenvalue weighted by Crippen LogP contribution is -2.25. The minimum Gasteiger partial charge on any atom is -0.507 e. The van der Waals surface area contributed by atoms with Gasteiger partial charge in [0, 0.05) is 17.5 Å². The van der Waals surface area contributed by atoms with Gasteiger partial charge in [-0.25, -0.2) is 0 Å². The normalized spacial score (nSPS) is 22.4. The Kier molecular flexibility index (Phi) is 3.68. The average molecular weight is 287 g/mol. The summed E-state index contributed by atoms with van der Waals surface area (Å²) >= 11 is 0. The fourth-order valence-electron chi connectivity index (χ4n) is 2.97. The minimum atomic E-state index is 0.311. The van der Waals surface area contributed by atoms with Crippen LogP contribution in [0, 0.1) is 13.8 Å². The molecule has 1 aliphatic rings. The van der Waals surface area contributed by atoms with Crippen LogP contribution in [0.1, 0.15) is 48.6 Å². The second kappa shape index (κ2) is 5.48. The lowest BCUT2D eigenvalue weighted by Gasteiger charge is -2.22. The number of nitrogens with zero attached hydrogens (tertiary/aromatic N) is 2. The van der Waals surface area contributed by atoms with Crippen LogP contribution in [-0.2, 0) is 0 Å². The van der Waals surface area contributed by atoms with Crippen molar-refractivity contribution < 1.29 is 9.63 Å². The molecule has 1 aromatic heterocycles. The van der Waals surface area contributed by atoms with E-state index >= 15 is 0 Å². The molecule has 0 spiro atoms. The molecule has 0 amide bonds. The van der Waals surface area contributed by atoms with E-state index in [1.165, 1.54) is 0 Å². The standard InChI is InChI=1S/C16H21N3O2/c1-9-7-12(8-10(2)14(9)20)15-18-16(21-19-15)11-3-5-13(17)6-4-11/h7-8,11,13,20H,3-6,17H2,1-2H3. The van der Waals surface area contributed by atoms with E-state index in [-0.39, 0.29) is 0 Å². The maximum absolute atomic E-state index is 9.84. The first-order chi connectivity index (χ1) is 10.0. The molecule has 0 bridgehead atoms. The predicted molar refractivity (Wildman–Crippen MR) is 80.1 cm³/mol. The molecule has 3 N–H and O–H groups in total. The third kappa shape index (κ3) is 2.78. The molecule has 0 unspecified atom stereocenters. The maximum atomic E-state index is 9.84. The van der Waals surface area contributed by atoms with Gasteiger partial charge in [-0.3, -0.25) is 0 Å². The van der Waals surface area contributed by atoms with Crippen molar-refractivity contribution in [2.45, 2.75) is 51.5 Å². The van der Waals surface area contributed by atoms with Gasteiger partial charge in [-0.05, 0) is 62.8 Å². The van der Waals surface area contributed by atoms with Crippen LogP contribution >= 0.6 is 0 Å². The van der Waals surface area contributed by atoms with Gasteiger partial charge < -0.3 is 15.4 Å². The van der Waals surface area contributed by atoms with Crippen molar-refractivity contribution in [2.75, 3.05) is 0 Å². The number of hydrogen-bond acceptors (Lipinski definition) is 5. The molecule has 0 aliphatic heterocycles. The van der Waals surface area contributed by atoms with Crippen molar-refractivity contribution in [1.29, 1.82) is 0 Å². The topological polar surface area (TPSA) is 85.2 Å². The summed E-state index contributed by atoms with van der Waals surface area (Å²) in [4.78, 5) is 4.54. The third-order valence-corrected chi connectivity index (χ3v) is 4.31. The van der Waals surface area contributed by atoms with Crippen LogP contribution in [0.3, 0.4) is 0 Å². The first kappa shape index (κ1) is 14.1. The van der Waals surface area contributed by atoms with Crippen LogP contribution in [0.25, 0.3) is 11.4 Å². The van der Waals surface area contributed by atoms with Gasteiger partial charge >= 0.3 is 0 Å². The van der Waals surface area contributed by atoms with Crippen LogP contribution < -0.4 is 5.73 Å². The number of rotatable bonds is 2. The number of phenols is 1. The van der Waals surface area contributed by atoms with Gasteiger partial charge in [0.15, 0.2) is 0 Å². The lowest BCUT2D eigenvalue weighted by molar-refractivity contribution is 0.301. The maximum Gasteiger partial charge on any atom is 0.230 e. The van der Waals surface area contributed by atoms with Gasteiger partial charge in [0.2, 0.25) is 11.7 Å². The van der Waals surface area contributed by atoms with Crippen molar-refractivity contribution in [3.63, 3.8) is 0 Å². The Labute approximate surface area is 124 Å². The number of aromatic nitrogens is 2. The Bertz CT molecular complexity index is 620. The highest BCUT2D eigenvalue weighted by molar-refractivity contribution is 5.60. The molecule has 21 heavy (non-hydrogen) atoms. The molecule has 1 aliphatic carbocycles. The van der Waals surface area contributed by atoms with Crippen LogP contribution in [-0.4, -0.2) is 21.3 Å². The fourth-order valence-corrected chi connectivity index (χ4v) is 2.97. The van der Waals surface area contributed by atoms with E-state index in [9.17, 15) is 5.11 Å². The van der Waals surface area contributed by atoms with Crippen molar-refractivity contribution in [3.8, 4) is 17.1 Å². The molecule has 0 radical (unpaired) electrons. The van der Waals surface area contributed by atoms with Crippen molar-refractivity contribution in [1.82, 2.24) is 10.1 Å². The summed E-state index contributed by atoms with van der Waals surface area (Å²) < 4.78 is 5.44. The smallest absolute Gasteiger partial charge is 0.230 e. The Morgan fingerprint density at radius 1 is 1.14 bits per heavy atom. The third-order valence-electron chi connectivity index (χ3n) is 4.31. The van der Waals surface area contributed by atoms with Crippen LogP contribution in [0.4, 0.5) is 0 Å². The summed E-state index contributed by atoms with van der Waals surface area (Å²) in [6, 6.07) is 4.08. The molecule has 1 heterocycles. The minimum absolute atomic E-state index is 0.311. The molecule has 0 atom stereocenters. The van der Waals surface area contributed by atoms with E-state index in [0.717, 1.165) is 42.4 Å². The monoisotopic (exact) mass is 287 g/mol. The molecule has 5 nitrogen and oxygen atoms in total. The predicted octanol–water partition coefficient (Wildman–Crippen LogP) is 3.04. The zero-order valence-corrected chi connectivity index (χ0v) is 12.5. The Balaban J connectivity index is 1.85. The molecule has 1 aromatic carbocycles. The van der Waals surface area contributed by atoms with E-state index in [1.54, 1.807) is 0 Å². The van der Waals surface area contributed by atoms with Gasteiger partial charge in [-0.1, -0.05) is 5.16 Å². The molecule has 3 rings (SSSR count). The van der Waals surface area contributed by atoms with Crippen molar-refractivity contribution in [2.24, 2.45) is 5.73 Å². The summed E-state index contributed by atoms with van der Waals surface area (Å²) in [7, 11) is 0. The highest BCUT2D eigenvalue weighted by Gasteiger charge is 2.25. The van der Waals surface area contributed by atoms with Gasteiger partial charge in [-0.15, -0.1) is 0 Å². The molecule has 5 heteroatoms. The Morgan fingerprint density at radius 3 is 2.38 bits per heavy atom. The summed E-state index contributed by atoms with van der Waals surface area (Å²) in [6.45, 7) is 3.74. The highest BCUT2D eigenvalue weighted by Crippen LogP contribution is 2.33. The largest absolute Gasteiger partial charge is 0.507 e. The van der Waals surface area contributed by atoms with E-state index in [2.05, 4.69) is 10.1 Å². The van der Waals surface area contributed by atoms with E-state index in [1.807, 2.05) is 26.0 Å². The first-order valence-corrected chi connectivity index (χ1v) is 7.44. The molecule has 2 aromatic rings.